The predicted octanol–water partition coefficient (Wildman–Crippen LogP) is 4.30. The third kappa shape index (κ3) is 8.63. The molecule has 0 bridgehead atoms. The fourth-order valence-corrected chi connectivity index (χ4v) is 7.06. The summed E-state index contributed by atoms with van der Waals surface area (Å²) in [6.07, 6.45) is 12.3. The number of nitrogens with two attached hydrogens (primary N) is 1. The number of morpholine rings is 1. The highest BCUT2D eigenvalue weighted by Gasteiger charge is 2.30. The quantitative estimate of drug-likeness (QED) is 0.168. The number of rotatable bonds is 11. The predicted molar refractivity (Wildman–Crippen MR) is 199 cm³/mol. The van der Waals surface area contributed by atoms with Gasteiger partial charge in [0.2, 0.25) is 11.8 Å². The molecular weight excluding hydrogens is 658 g/mol. The molecule has 0 spiro atoms. The molecule has 0 radical (unpaired) electrons. The maximum Gasteiger partial charge on any atom is 0.323 e. The molecule has 2 saturated heterocycles. The van der Waals surface area contributed by atoms with Gasteiger partial charge in [0.1, 0.15) is 18.1 Å². The number of pyridine rings is 1. The van der Waals surface area contributed by atoms with Gasteiger partial charge < -0.3 is 25.1 Å². The number of hydrogen-bond donors (Lipinski definition) is 4. The summed E-state index contributed by atoms with van der Waals surface area (Å²) in [4.78, 5) is 18.3. The molecule has 2 fully saturated rings. The lowest BCUT2D eigenvalue weighted by Crippen LogP contribution is -2.79. The fraction of sp³-hybridized carbons (Fsp3) is 0.500. The summed E-state index contributed by atoms with van der Waals surface area (Å²) in [6.45, 7) is 13.0. The molecule has 0 saturated carbocycles. The van der Waals surface area contributed by atoms with E-state index in [9.17, 15) is 4.79 Å². The first-order chi connectivity index (χ1) is 25.2. The van der Waals surface area contributed by atoms with Crippen LogP contribution in [-0.4, -0.2) is 87.0 Å². The summed E-state index contributed by atoms with van der Waals surface area (Å²) in [5, 5.41) is 30.3. The first-order valence-corrected chi connectivity index (χ1v) is 18.6. The van der Waals surface area contributed by atoms with E-state index >= 15 is 0 Å². The molecule has 14 nitrogen and oxygen atoms in total. The van der Waals surface area contributed by atoms with E-state index in [1.807, 2.05) is 71.8 Å². The molecule has 2 amide bonds. The van der Waals surface area contributed by atoms with Crippen LogP contribution in [0.25, 0.3) is 5.65 Å². The smallest absolute Gasteiger partial charge is 0.323 e. The Bertz CT molecular complexity index is 1880. The number of carbonyl (C=O) groups excluding carboxylic acids is 1. The van der Waals surface area contributed by atoms with Crippen LogP contribution in [0.4, 0.5) is 16.4 Å². The first-order valence-electron chi connectivity index (χ1n) is 18.6. The van der Waals surface area contributed by atoms with Gasteiger partial charge in [-0.1, -0.05) is 45.0 Å². The van der Waals surface area contributed by atoms with E-state index in [1.54, 1.807) is 12.3 Å². The number of carbonyl (C=O) groups is 1. The van der Waals surface area contributed by atoms with Gasteiger partial charge in [-0.15, -0.1) is 10.2 Å². The highest BCUT2D eigenvalue weighted by Crippen LogP contribution is 2.39. The van der Waals surface area contributed by atoms with Crippen molar-refractivity contribution in [1.82, 2.24) is 39.9 Å². The molecule has 276 valence electrons. The second kappa shape index (κ2) is 15.8. The van der Waals surface area contributed by atoms with Gasteiger partial charge in [-0.05, 0) is 55.4 Å². The van der Waals surface area contributed by atoms with Crippen molar-refractivity contribution in [2.45, 2.75) is 71.6 Å². The Kier molecular flexibility index (Phi) is 10.8. The lowest BCUT2D eigenvalue weighted by atomic mass is 9.85. The minimum absolute atomic E-state index is 0.166. The van der Waals surface area contributed by atoms with Crippen LogP contribution in [0.5, 0.6) is 5.75 Å². The lowest BCUT2D eigenvalue weighted by Gasteiger charge is -2.32. The van der Waals surface area contributed by atoms with Crippen LogP contribution in [0.2, 0.25) is 0 Å². The Hall–Kier alpha value is -4.79. The van der Waals surface area contributed by atoms with Crippen LogP contribution < -0.4 is 25.6 Å². The van der Waals surface area contributed by atoms with Crippen molar-refractivity contribution in [2.24, 2.45) is 5.41 Å². The number of fused-ring (bicyclic) bond motifs is 2. The van der Waals surface area contributed by atoms with Gasteiger partial charge >= 0.3 is 6.03 Å². The monoisotopic (exact) mass is 710 g/mol. The topological polar surface area (TPSA) is 155 Å². The number of quaternary nitrogens is 1. The number of urea groups is 1. The Morgan fingerprint density at radius 2 is 1.79 bits per heavy atom. The summed E-state index contributed by atoms with van der Waals surface area (Å²) in [5.74, 6) is 2.15. The highest BCUT2D eigenvalue weighted by atomic mass is 16.5. The number of aromatic nitrogens is 5. The number of ether oxygens (including phenoxy) is 2. The average Bonchev–Trinajstić information content (AvgIpc) is 3.78. The van der Waals surface area contributed by atoms with Crippen LogP contribution in [-0.2, 0) is 11.3 Å². The number of allylic oxidation sites excluding steroid dienone is 1. The molecule has 3 aliphatic rings. The first kappa shape index (κ1) is 35.6. The van der Waals surface area contributed by atoms with Crippen molar-refractivity contribution in [3.63, 3.8) is 0 Å². The van der Waals surface area contributed by atoms with Crippen LogP contribution in [0, 0.1) is 10.8 Å². The molecule has 52 heavy (non-hydrogen) atoms. The zero-order valence-corrected chi connectivity index (χ0v) is 30.6. The maximum absolute atomic E-state index is 13.6. The van der Waals surface area contributed by atoms with Crippen molar-refractivity contribution in [2.75, 3.05) is 50.8 Å². The van der Waals surface area contributed by atoms with Crippen LogP contribution in [0.3, 0.4) is 0 Å². The standard InChI is InChI=1S/C38H51N11O3/c1-38(2,3)33(39)23-34(41-27-24-40-48(25-27)18-17-46-19-21-51-22-20-46)43-36(50)42-31-12-13-32(30-10-6-5-9-29(30)31)52-28-11-14-35-44-45-37(49(35)26-28)47-15-7-4-8-16-47/h5-6,9-11,14,23-26,31-32,39,41H,4,7-8,12-13,15-22H2,1-3H3,(H2,42,43,50)/p+1. The van der Waals surface area contributed by atoms with E-state index in [0.29, 0.717) is 18.0 Å². The molecule has 4 aromatic rings. The zero-order chi connectivity index (χ0) is 36.1. The number of nitrogens with zero attached hydrogens (tertiary/aromatic N) is 7. The number of anilines is 1. The van der Waals surface area contributed by atoms with Crippen LogP contribution >= 0.6 is 0 Å². The summed E-state index contributed by atoms with van der Waals surface area (Å²) in [7, 11) is 0. The summed E-state index contributed by atoms with van der Waals surface area (Å²) >= 11 is 0. The second-order valence-electron chi connectivity index (χ2n) is 15.0. The van der Waals surface area contributed by atoms with Gasteiger partial charge in [-0.25, -0.2) is 4.79 Å². The van der Waals surface area contributed by atoms with E-state index < -0.39 is 0 Å². The molecular formula is C38H52N11O3+. The number of piperidine rings is 1. The number of hydrogen-bond acceptors (Lipinski definition) is 9. The molecule has 2 aliphatic heterocycles. The van der Waals surface area contributed by atoms with Crippen molar-refractivity contribution in [1.29, 1.82) is 5.41 Å². The van der Waals surface area contributed by atoms with Crippen molar-refractivity contribution >= 4 is 29.0 Å². The molecule has 3 aromatic heterocycles. The maximum atomic E-state index is 13.6. The molecule has 7 rings (SSSR count). The number of benzene rings is 1. The highest BCUT2D eigenvalue weighted by molar-refractivity contribution is 5.97. The molecule has 5 N–H and O–H groups in total. The van der Waals surface area contributed by atoms with Crippen LogP contribution in [0.15, 0.2) is 66.9 Å². The Morgan fingerprint density at radius 3 is 2.58 bits per heavy atom. The van der Waals surface area contributed by atoms with E-state index in [0.717, 1.165) is 106 Å². The molecule has 2 unspecified atom stereocenters. The Balaban J connectivity index is 1.02. The van der Waals surface area contributed by atoms with Crippen molar-refractivity contribution in [3.8, 4) is 5.75 Å². The van der Waals surface area contributed by atoms with Gasteiger partial charge in [0.05, 0.1) is 38.2 Å². The van der Waals surface area contributed by atoms with Gasteiger partial charge in [-0.2, -0.15) is 5.10 Å². The molecule has 14 heteroatoms. The summed E-state index contributed by atoms with van der Waals surface area (Å²) in [5.41, 5.74) is 3.77. The molecule has 2 atom stereocenters. The van der Waals surface area contributed by atoms with Crippen LogP contribution in [0.1, 0.15) is 76.1 Å². The summed E-state index contributed by atoms with van der Waals surface area (Å²) < 4.78 is 16.1. The number of amides is 2. The SMILES string of the molecule is CC(C)(C)C(=N)C=C(NC(=O)NC1CCC(Oc2ccc3nnc(N4CCCCC4)n3c2)c2ccccc21)[NH2+]c1cnn(CCN2CCOCC2)c1. The fourth-order valence-electron chi connectivity index (χ4n) is 7.06. The van der Waals surface area contributed by atoms with E-state index in [2.05, 4.69) is 47.9 Å². The third-order valence-electron chi connectivity index (χ3n) is 10.1. The molecule has 5 heterocycles. The van der Waals surface area contributed by atoms with E-state index in [4.69, 9.17) is 14.9 Å². The van der Waals surface area contributed by atoms with Gasteiger partial charge in [0.25, 0.3) is 0 Å². The van der Waals surface area contributed by atoms with Gasteiger partial charge in [-0.3, -0.25) is 24.6 Å². The zero-order valence-electron chi connectivity index (χ0n) is 30.6. The minimum Gasteiger partial charge on any atom is -0.484 e. The Morgan fingerprint density at radius 1 is 1.00 bits per heavy atom. The number of nitrogens with one attached hydrogen (secondary N) is 3. The lowest BCUT2D eigenvalue weighted by molar-refractivity contribution is -0.522. The van der Waals surface area contributed by atoms with Crippen molar-refractivity contribution in [3.05, 3.63) is 78.0 Å². The average molecular weight is 711 g/mol. The van der Waals surface area contributed by atoms with Gasteiger partial charge in [0.15, 0.2) is 11.3 Å². The second-order valence-corrected chi connectivity index (χ2v) is 15.0. The minimum atomic E-state index is -0.384. The van der Waals surface area contributed by atoms with Gasteiger partial charge in [0, 0.05) is 49.9 Å². The summed E-state index contributed by atoms with van der Waals surface area (Å²) in [6, 6.07) is 11.6. The van der Waals surface area contributed by atoms with E-state index in [1.165, 1.54) is 6.42 Å². The normalized spacial score (nSPS) is 20.1. The third-order valence-corrected chi connectivity index (χ3v) is 10.1. The Labute approximate surface area is 305 Å². The van der Waals surface area contributed by atoms with Crippen molar-refractivity contribution < 1.29 is 19.6 Å². The molecule has 1 aliphatic carbocycles. The largest absolute Gasteiger partial charge is 0.484 e. The molecule has 1 aromatic carbocycles. The van der Waals surface area contributed by atoms with E-state index in [-0.39, 0.29) is 23.6 Å².